The summed E-state index contributed by atoms with van der Waals surface area (Å²) in [6.45, 7) is 16.5. The van der Waals surface area contributed by atoms with Gasteiger partial charge < -0.3 is 9.47 Å². The molecular weight excluding hydrogens is 348 g/mol. The van der Waals surface area contributed by atoms with Crippen molar-refractivity contribution < 1.29 is 14.3 Å². The van der Waals surface area contributed by atoms with Crippen LogP contribution in [0.1, 0.15) is 67.2 Å². The van der Waals surface area contributed by atoms with Gasteiger partial charge >= 0.3 is 5.97 Å². The summed E-state index contributed by atoms with van der Waals surface area (Å²) in [5.41, 5.74) is 8.67. The van der Waals surface area contributed by atoms with Crippen LogP contribution in [-0.2, 0) is 20.7 Å². The van der Waals surface area contributed by atoms with Crippen LogP contribution in [0.2, 0.25) is 0 Å². The van der Waals surface area contributed by atoms with Crippen molar-refractivity contribution in [3.05, 3.63) is 57.6 Å². The molecule has 0 saturated carbocycles. The number of esters is 1. The van der Waals surface area contributed by atoms with E-state index >= 15 is 0 Å². The van der Waals surface area contributed by atoms with E-state index in [2.05, 4.69) is 58.9 Å². The third-order valence-electron chi connectivity index (χ3n) is 5.36. The molecule has 0 heterocycles. The van der Waals surface area contributed by atoms with Gasteiger partial charge in [-0.05, 0) is 88.3 Å². The zero-order valence-corrected chi connectivity index (χ0v) is 18.8. The van der Waals surface area contributed by atoms with Crippen molar-refractivity contribution in [1.82, 2.24) is 0 Å². The van der Waals surface area contributed by atoms with Crippen molar-refractivity contribution in [2.45, 2.75) is 73.5 Å². The number of ether oxygens (including phenoxy) is 2. The number of carbonyl (C=O) groups excluding carboxylic acids is 1. The van der Waals surface area contributed by atoms with Gasteiger partial charge in [0.05, 0.1) is 12.7 Å². The fourth-order valence-corrected chi connectivity index (χ4v) is 3.89. The molecule has 2 aromatic rings. The van der Waals surface area contributed by atoms with Crippen molar-refractivity contribution in [3.63, 3.8) is 0 Å². The monoisotopic (exact) mass is 382 g/mol. The fourth-order valence-electron chi connectivity index (χ4n) is 3.89. The number of hydrogen-bond acceptors (Lipinski definition) is 3. The van der Waals surface area contributed by atoms with Crippen molar-refractivity contribution >= 4 is 5.97 Å². The summed E-state index contributed by atoms with van der Waals surface area (Å²) in [6, 6.07) is 8.47. The predicted molar refractivity (Wildman–Crippen MR) is 116 cm³/mol. The number of carbonyl (C=O) groups is 1. The first kappa shape index (κ1) is 22.2. The average Bonchev–Trinajstić information content (AvgIpc) is 2.63. The quantitative estimate of drug-likeness (QED) is 0.579. The summed E-state index contributed by atoms with van der Waals surface area (Å²) in [5, 5.41) is 0. The second kappa shape index (κ2) is 8.48. The van der Waals surface area contributed by atoms with Crippen LogP contribution >= 0.6 is 0 Å². The molecule has 0 unspecified atom stereocenters. The standard InChI is InChI=1S/C25H34O3/c1-10-20-16(3)17(4)22(23(24(26)27-9)28-25(6,7)8)21(18(20)5)19-13-11-15(2)12-14-19/h11-14,23H,10H2,1-9H3/t23-/m0/s1. The van der Waals surface area contributed by atoms with E-state index < -0.39 is 11.7 Å². The highest BCUT2D eigenvalue weighted by Crippen LogP contribution is 2.41. The van der Waals surface area contributed by atoms with Crippen LogP contribution in [0.15, 0.2) is 24.3 Å². The predicted octanol–water partition coefficient (Wildman–Crippen LogP) is 6.18. The Balaban J connectivity index is 2.90. The van der Waals surface area contributed by atoms with E-state index in [0.717, 1.165) is 28.7 Å². The van der Waals surface area contributed by atoms with Crippen LogP contribution in [0.4, 0.5) is 0 Å². The normalized spacial score (nSPS) is 12.8. The Labute approximate surface area is 170 Å². The van der Waals surface area contributed by atoms with Gasteiger partial charge in [0.1, 0.15) is 0 Å². The summed E-state index contributed by atoms with van der Waals surface area (Å²) >= 11 is 0. The topological polar surface area (TPSA) is 35.5 Å². The summed E-state index contributed by atoms with van der Waals surface area (Å²) in [7, 11) is 1.42. The van der Waals surface area contributed by atoms with E-state index in [9.17, 15) is 4.79 Å². The van der Waals surface area contributed by atoms with Crippen LogP contribution in [0, 0.1) is 27.7 Å². The van der Waals surface area contributed by atoms with Gasteiger partial charge in [-0.25, -0.2) is 4.79 Å². The molecule has 28 heavy (non-hydrogen) atoms. The van der Waals surface area contributed by atoms with Gasteiger partial charge in [-0.1, -0.05) is 36.8 Å². The molecule has 1 atom stereocenters. The lowest BCUT2D eigenvalue weighted by atomic mass is 9.82. The van der Waals surface area contributed by atoms with E-state index in [1.165, 1.54) is 29.4 Å². The van der Waals surface area contributed by atoms with Gasteiger partial charge in [0.15, 0.2) is 6.10 Å². The van der Waals surface area contributed by atoms with Gasteiger partial charge in [-0.3, -0.25) is 0 Å². The van der Waals surface area contributed by atoms with Gasteiger partial charge in [0, 0.05) is 5.56 Å². The van der Waals surface area contributed by atoms with Crippen LogP contribution in [0.25, 0.3) is 11.1 Å². The van der Waals surface area contributed by atoms with Gasteiger partial charge in [-0.2, -0.15) is 0 Å². The van der Waals surface area contributed by atoms with Gasteiger partial charge in [-0.15, -0.1) is 0 Å². The zero-order valence-electron chi connectivity index (χ0n) is 18.8. The molecule has 0 spiro atoms. The molecule has 0 radical (unpaired) electrons. The van der Waals surface area contributed by atoms with E-state index in [0.29, 0.717) is 0 Å². The highest BCUT2D eigenvalue weighted by atomic mass is 16.6. The minimum Gasteiger partial charge on any atom is -0.467 e. The number of benzene rings is 2. The molecule has 3 heteroatoms. The maximum atomic E-state index is 12.8. The van der Waals surface area contributed by atoms with Gasteiger partial charge in [0.25, 0.3) is 0 Å². The highest BCUT2D eigenvalue weighted by molar-refractivity contribution is 5.84. The maximum Gasteiger partial charge on any atom is 0.339 e. The lowest BCUT2D eigenvalue weighted by Crippen LogP contribution is -2.29. The Bertz CT molecular complexity index is 855. The molecule has 0 saturated heterocycles. The molecule has 0 aliphatic heterocycles. The first-order chi connectivity index (χ1) is 13.0. The van der Waals surface area contributed by atoms with Crippen LogP contribution < -0.4 is 0 Å². The average molecular weight is 383 g/mol. The maximum absolute atomic E-state index is 12.8. The summed E-state index contributed by atoms with van der Waals surface area (Å²) in [5.74, 6) is -0.366. The van der Waals surface area contributed by atoms with Crippen molar-refractivity contribution in [3.8, 4) is 11.1 Å². The van der Waals surface area contributed by atoms with Crippen LogP contribution in [0.3, 0.4) is 0 Å². The Morgan fingerprint density at radius 2 is 1.54 bits per heavy atom. The molecule has 152 valence electrons. The van der Waals surface area contributed by atoms with E-state index in [4.69, 9.17) is 9.47 Å². The SMILES string of the molecule is CCc1c(C)c(C)c([C@H](OC(C)(C)C)C(=O)OC)c(-c2ccc(C)cc2)c1C. The highest BCUT2D eigenvalue weighted by Gasteiger charge is 2.33. The van der Waals surface area contributed by atoms with Crippen LogP contribution in [0.5, 0.6) is 0 Å². The molecule has 2 rings (SSSR count). The Hall–Kier alpha value is -2.13. The molecule has 0 N–H and O–H groups in total. The molecule has 3 nitrogen and oxygen atoms in total. The molecule has 0 amide bonds. The molecule has 0 fully saturated rings. The van der Waals surface area contributed by atoms with Crippen LogP contribution in [-0.4, -0.2) is 18.7 Å². The zero-order chi connectivity index (χ0) is 21.2. The summed E-state index contributed by atoms with van der Waals surface area (Å²) < 4.78 is 11.4. The largest absolute Gasteiger partial charge is 0.467 e. The number of methoxy groups -OCH3 is 1. The summed E-state index contributed by atoms with van der Waals surface area (Å²) in [6.07, 6.45) is 0.172. The molecule has 0 aliphatic rings. The lowest BCUT2D eigenvalue weighted by molar-refractivity contribution is -0.164. The Morgan fingerprint density at radius 3 is 2.00 bits per heavy atom. The van der Waals surface area contributed by atoms with E-state index in [1.807, 2.05) is 20.8 Å². The fraction of sp³-hybridized carbons (Fsp3) is 0.480. The van der Waals surface area contributed by atoms with Crippen molar-refractivity contribution in [1.29, 1.82) is 0 Å². The molecule has 0 bridgehead atoms. The second-order valence-corrected chi connectivity index (χ2v) is 8.50. The van der Waals surface area contributed by atoms with Gasteiger partial charge in [0.2, 0.25) is 0 Å². The van der Waals surface area contributed by atoms with E-state index in [-0.39, 0.29) is 5.97 Å². The van der Waals surface area contributed by atoms with E-state index in [1.54, 1.807) is 0 Å². The minimum atomic E-state index is -0.774. The third-order valence-corrected chi connectivity index (χ3v) is 5.36. The third kappa shape index (κ3) is 4.47. The summed E-state index contributed by atoms with van der Waals surface area (Å²) in [4.78, 5) is 12.8. The first-order valence-electron chi connectivity index (χ1n) is 9.97. The minimum absolute atomic E-state index is 0.366. The molecule has 0 aliphatic carbocycles. The Morgan fingerprint density at radius 1 is 0.964 bits per heavy atom. The number of rotatable bonds is 5. The smallest absolute Gasteiger partial charge is 0.339 e. The Kier molecular flexibility index (Phi) is 6.71. The molecule has 0 aromatic heterocycles. The first-order valence-corrected chi connectivity index (χ1v) is 9.97. The molecular formula is C25H34O3. The van der Waals surface area contributed by atoms with Crippen molar-refractivity contribution in [2.75, 3.05) is 7.11 Å². The van der Waals surface area contributed by atoms with Crippen molar-refractivity contribution in [2.24, 2.45) is 0 Å². The number of hydrogen-bond donors (Lipinski definition) is 0. The lowest BCUT2D eigenvalue weighted by Gasteiger charge is -2.31. The second-order valence-electron chi connectivity index (χ2n) is 8.50. The molecule has 2 aromatic carbocycles. The number of aryl methyl sites for hydroxylation is 1.